The molecule has 0 aliphatic carbocycles. The first kappa shape index (κ1) is 16.1. The number of thiazole rings is 1. The van der Waals surface area contributed by atoms with Crippen LogP contribution in [0.1, 0.15) is 6.92 Å². The lowest BCUT2D eigenvalue weighted by atomic mass is 10.2. The summed E-state index contributed by atoms with van der Waals surface area (Å²) in [6, 6.07) is 14.1. The van der Waals surface area contributed by atoms with Gasteiger partial charge in [0.15, 0.2) is 11.0 Å². The maximum Gasteiger partial charge on any atom is 0.240 e. The zero-order chi connectivity index (χ0) is 17.6. The molecular weight excluding hydrogens is 358 g/mol. The van der Waals surface area contributed by atoms with Crippen LogP contribution < -0.4 is 4.72 Å². The van der Waals surface area contributed by atoms with Crippen molar-refractivity contribution in [2.24, 2.45) is 0 Å². The zero-order valence-electron chi connectivity index (χ0n) is 13.3. The first-order valence-corrected chi connectivity index (χ1v) is 9.99. The van der Waals surface area contributed by atoms with Crippen LogP contribution in [0, 0.1) is 0 Å². The molecule has 2 N–H and O–H groups in total. The molecule has 2 aromatic carbocycles. The molecule has 0 atom stereocenters. The average Bonchev–Trinajstić information content (AvgIpc) is 3.13. The number of aromatic hydroxyl groups is 1. The molecule has 0 bridgehead atoms. The van der Waals surface area contributed by atoms with Crippen LogP contribution in [0.25, 0.3) is 26.3 Å². The van der Waals surface area contributed by atoms with E-state index in [-0.39, 0.29) is 10.8 Å². The molecule has 6 nitrogen and oxygen atoms in total. The highest BCUT2D eigenvalue weighted by Gasteiger charge is 2.18. The van der Waals surface area contributed by atoms with E-state index >= 15 is 0 Å². The second kappa shape index (κ2) is 5.83. The van der Waals surface area contributed by atoms with Crippen molar-refractivity contribution in [3.05, 3.63) is 48.5 Å². The lowest BCUT2D eigenvalue weighted by Gasteiger charge is -2.05. The Balaban J connectivity index is 1.89. The third-order valence-corrected chi connectivity index (χ3v) is 6.44. The second-order valence-corrected chi connectivity index (χ2v) is 8.30. The van der Waals surface area contributed by atoms with Gasteiger partial charge in [-0.25, -0.2) is 18.1 Å². The Bertz CT molecular complexity index is 1160. The molecule has 0 fully saturated rings. The highest BCUT2D eigenvalue weighted by Crippen LogP contribution is 2.34. The smallest absolute Gasteiger partial charge is 0.240 e. The van der Waals surface area contributed by atoms with Crippen molar-refractivity contribution in [1.29, 1.82) is 0 Å². The summed E-state index contributed by atoms with van der Waals surface area (Å²) in [7, 11) is -3.54. The minimum Gasteiger partial charge on any atom is -0.494 e. The van der Waals surface area contributed by atoms with Gasteiger partial charge in [0.05, 0.1) is 20.6 Å². The Morgan fingerprint density at radius 3 is 2.76 bits per heavy atom. The van der Waals surface area contributed by atoms with Gasteiger partial charge in [-0.3, -0.25) is 4.57 Å². The lowest BCUT2D eigenvalue weighted by Crippen LogP contribution is -2.22. The summed E-state index contributed by atoms with van der Waals surface area (Å²) in [5.41, 5.74) is 1.56. The Labute approximate surface area is 148 Å². The van der Waals surface area contributed by atoms with E-state index < -0.39 is 10.0 Å². The molecule has 0 saturated carbocycles. The summed E-state index contributed by atoms with van der Waals surface area (Å²) >= 11 is 1.46. The van der Waals surface area contributed by atoms with Gasteiger partial charge >= 0.3 is 0 Å². The van der Waals surface area contributed by atoms with E-state index in [1.54, 1.807) is 29.7 Å². The van der Waals surface area contributed by atoms with Gasteiger partial charge in [0.1, 0.15) is 0 Å². The van der Waals surface area contributed by atoms with Gasteiger partial charge in [0.2, 0.25) is 10.0 Å². The normalized spacial score (nSPS) is 12.2. The van der Waals surface area contributed by atoms with Gasteiger partial charge < -0.3 is 5.11 Å². The number of nitrogens with zero attached hydrogens (tertiary/aromatic N) is 2. The lowest BCUT2D eigenvalue weighted by molar-refractivity contribution is 0.445. The number of fused-ring (bicyclic) bond motifs is 2. The second-order valence-electron chi connectivity index (χ2n) is 5.52. The molecule has 0 aliphatic heterocycles. The summed E-state index contributed by atoms with van der Waals surface area (Å²) in [4.78, 5) is 4.73. The van der Waals surface area contributed by atoms with Gasteiger partial charge in [-0.05, 0) is 30.3 Å². The molecule has 128 valence electrons. The van der Waals surface area contributed by atoms with Crippen LogP contribution in [0.2, 0.25) is 0 Å². The summed E-state index contributed by atoms with van der Waals surface area (Å²) in [5, 5.41) is 11.6. The van der Waals surface area contributed by atoms with Crippen LogP contribution in [0.5, 0.6) is 5.88 Å². The first-order chi connectivity index (χ1) is 12.0. The Morgan fingerprint density at radius 2 is 2.00 bits per heavy atom. The Kier molecular flexibility index (Phi) is 3.75. The van der Waals surface area contributed by atoms with Crippen molar-refractivity contribution < 1.29 is 13.5 Å². The average molecular weight is 373 g/mol. The number of aromatic nitrogens is 2. The van der Waals surface area contributed by atoms with E-state index in [2.05, 4.69) is 9.71 Å². The Morgan fingerprint density at radius 1 is 1.20 bits per heavy atom. The number of hydrogen-bond acceptors (Lipinski definition) is 5. The summed E-state index contributed by atoms with van der Waals surface area (Å²) in [6.07, 6.45) is 0. The van der Waals surface area contributed by atoms with Crippen molar-refractivity contribution in [3.8, 4) is 11.0 Å². The molecule has 25 heavy (non-hydrogen) atoms. The van der Waals surface area contributed by atoms with Crippen LogP contribution in [-0.4, -0.2) is 29.6 Å². The fraction of sp³-hybridized carbons (Fsp3) is 0.118. The number of para-hydroxylation sites is 1. The van der Waals surface area contributed by atoms with Crippen molar-refractivity contribution >= 4 is 42.5 Å². The molecule has 0 unspecified atom stereocenters. The predicted molar refractivity (Wildman–Crippen MR) is 99.0 cm³/mol. The number of sulfonamides is 1. The van der Waals surface area contributed by atoms with E-state index in [1.165, 1.54) is 17.4 Å². The van der Waals surface area contributed by atoms with Crippen LogP contribution in [0.4, 0.5) is 0 Å². The molecule has 2 heterocycles. The molecule has 4 aromatic rings. The zero-order valence-corrected chi connectivity index (χ0v) is 14.9. The van der Waals surface area contributed by atoms with Gasteiger partial charge in [-0.1, -0.05) is 30.4 Å². The van der Waals surface area contributed by atoms with Crippen molar-refractivity contribution in [2.45, 2.75) is 11.8 Å². The molecule has 4 rings (SSSR count). The molecule has 2 aromatic heterocycles. The van der Waals surface area contributed by atoms with Crippen LogP contribution in [0.15, 0.2) is 53.4 Å². The first-order valence-electron chi connectivity index (χ1n) is 7.69. The van der Waals surface area contributed by atoms with E-state index in [4.69, 9.17) is 0 Å². The van der Waals surface area contributed by atoms with Crippen LogP contribution in [0.3, 0.4) is 0 Å². The van der Waals surface area contributed by atoms with Gasteiger partial charge in [-0.15, -0.1) is 0 Å². The van der Waals surface area contributed by atoms with Crippen LogP contribution >= 0.6 is 11.3 Å². The summed E-state index contributed by atoms with van der Waals surface area (Å²) in [5.74, 6) is 0.0204. The molecule has 8 heteroatoms. The van der Waals surface area contributed by atoms with Crippen molar-refractivity contribution in [3.63, 3.8) is 0 Å². The SMILES string of the molecule is CCNS(=O)(=O)c1ccc2c(c1)cc(O)n2-c1nc2ccccc2s1. The number of rotatable bonds is 4. The van der Waals surface area contributed by atoms with E-state index in [1.807, 2.05) is 24.3 Å². The highest BCUT2D eigenvalue weighted by molar-refractivity contribution is 7.89. The number of nitrogens with one attached hydrogen (secondary N) is 1. The van der Waals surface area contributed by atoms with E-state index in [0.29, 0.717) is 22.6 Å². The number of hydrogen-bond donors (Lipinski definition) is 2. The van der Waals surface area contributed by atoms with Gasteiger partial charge in [0, 0.05) is 18.0 Å². The molecule has 0 saturated heterocycles. The van der Waals surface area contributed by atoms with E-state index in [9.17, 15) is 13.5 Å². The van der Waals surface area contributed by atoms with E-state index in [0.717, 1.165) is 10.2 Å². The molecule has 0 aliphatic rings. The predicted octanol–water partition coefficient (Wildman–Crippen LogP) is 3.24. The topological polar surface area (TPSA) is 84.2 Å². The van der Waals surface area contributed by atoms with Crippen molar-refractivity contribution in [1.82, 2.24) is 14.3 Å². The highest BCUT2D eigenvalue weighted by atomic mass is 32.2. The minimum absolute atomic E-state index is 0.0204. The fourth-order valence-electron chi connectivity index (χ4n) is 2.78. The summed E-state index contributed by atoms with van der Waals surface area (Å²) < 4.78 is 29.4. The van der Waals surface area contributed by atoms with Gasteiger partial charge in [0.25, 0.3) is 0 Å². The summed E-state index contributed by atoms with van der Waals surface area (Å²) in [6.45, 7) is 2.05. The van der Waals surface area contributed by atoms with Crippen molar-refractivity contribution in [2.75, 3.05) is 6.54 Å². The number of benzene rings is 2. The minimum atomic E-state index is -3.54. The Hall–Kier alpha value is -2.42. The molecular formula is C17H15N3O3S2. The standard InChI is InChI=1S/C17H15N3O3S2/c1-2-18-25(22,23)12-7-8-14-11(9-12)10-16(21)20(14)17-19-13-5-3-4-6-15(13)24-17/h3-10,18,21H,2H2,1H3. The monoisotopic (exact) mass is 373 g/mol. The molecule has 0 amide bonds. The maximum atomic E-state index is 12.2. The maximum absolute atomic E-state index is 12.2. The van der Waals surface area contributed by atoms with Gasteiger partial charge in [-0.2, -0.15) is 0 Å². The van der Waals surface area contributed by atoms with Crippen LogP contribution in [-0.2, 0) is 10.0 Å². The largest absolute Gasteiger partial charge is 0.494 e. The molecule has 0 radical (unpaired) electrons. The third kappa shape index (κ3) is 2.68. The quantitative estimate of drug-likeness (QED) is 0.575. The fourth-order valence-corrected chi connectivity index (χ4v) is 4.84. The third-order valence-electron chi connectivity index (χ3n) is 3.87. The molecule has 0 spiro atoms.